The van der Waals surface area contributed by atoms with E-state index in [1.54, 1.807) is 0 Å². The van der Waals surface area contributed by atoms with Crippen LogP contribution in [0.4, 0.5) is 0 Å². The van der Waals surface area contributed by atoms with Crippen molar-refractivity contribution in [2.45, 2.75) is 25.7 Å². The second kappa shape index (κ2) is 4.76. The highest BCUT2D eigenvalue weighted by Gasteiger charge is 2.19. The van der Waals surface area contributed by atoms with Crippen LogP contribution in [0.15, 0.2) is 0 Å². The lowest BCUT2D eigenvalue weighted by atomic mass is 9.83. The molecule has 0 atom stereocenters. The minimum Gasteiger partial charge on any atom is -0.358 e. The monoisotopic (exact) mass is 166 g/mol. The highest BCUT2D eigenvalue weighted by Crippen LogP contribution is 2.27. The predicted molar refractivity (Wildman–Crippen MR) is 45.1 cm³/mol. The largest absolute Gasteiger partial charge is 0.358 e. The van der Waals surface area contributed by atoms with E-state index in [-0.39, 0.29) is 5.92 Å². The summed E-state index contributed by atoms with van der Waals surface area (Å²) in [6, 6.07) is 2.29. The quantitative estimate of drug-likeness (QED) is 0.637. The first kappa shape index (κ1) is 9.05. The number of nitrogens with zero attached hydrogens (tertiary/aromatic N) is 1. The fourth-order valence-electron chi connectivity index (χ4n) is 1.71. The first-order valence-electron chi connectivity index (χ1n) is 4.43. The molecule has 12 heavy (non-hydrogen) atoms. The Balaban J connectivity index is 2.18. The van der Waals surface area contributed by atoms with Crippen molar-refractivity contribution in [2.75, 3.05) is 6.54 Å². The first-order valence-corrected chi connectivity index (χ1v) is 4.43. The van der Waals surface area contributed by atoms with E-state index in [9.17, 15) is 4.79 Å². The summed E-state index contributed by atoms with van der Waals surface area (Å²) < 4.78 is 0. The van der Waals surface area contributed by atoms with E-state index in [2.05, 4.69) is 11.4 Å². The Kier molecular flexibility index (Phi) is 3.59. The van der Waals surface area contributed by atoms with Gasteiger partial charge in [-0.3, -0.25) is 4.79 Å². The number of hydrogen-bond acceptors (Lipinski definition) is 2. The third-order valence-electron chi connectivity index (χ3n) is 2.52. The Morgan fingerprint density at radius 1 is 1.42 bits per heavy atom. The number of carbonyl (C=O) groups is 1. The molecule has 0 aromatic rings. The topological polar surface area (TPSA) is 52.9 Å². The van der Waals surface area contributed by atoms with E-state index in [0.29, 0.717) is 5.92 Å². The number of carbonyl (C=O) groups excluding carboxylic acids is 1. The lowest BCUT2D eigenvalue weighted by Gasteiger charge is -2.23. The highest BCUT2D eigenvalue weighted by atomic mass is 16.1. The van der Waals surface area contributed by atoms with Gasteiger partial charge in [-0.25, -0.2) is 0 Å². The van der Waals surface area contributed by atoms with Crippen molar-refractivity contribution in [2.24, 2.45) is 11.8 Å². The Hall–Kier alpha value is -1.04. The predicted octanol–water partition coefficient (Wildman–Crippen LogP) is 1.06. The van der Waals surface area contributed by atoms with Crippen LogP contribution in [0.5, 0.6) is 0 Å². The summed E-state index contributed by atoms with van der Waals surface area (Å²) in [6.45, 7) is 0.779. The van der Waals surface area contributed by atoms with Gasteiger partial charge in [0, 0.05) is 12.5 Å². The summed E-state index contributed by atoms with van der Waals surface area (Å²) in [5.41, 5.74) is 0. The van der Waals surface area contributed by atoms with Crippen LogP contribution in [-0.2, 0) is 4.79 Å². The maximum Gasteiger partial charge on any atom is 0.207 e. The van der Waals surface area contributed by atoms with Gasteiger partial charge >= 0.3 is 0 Å². The normalized spacial score (nSPS) is 28.9. The molecule has 1 N–H and O–H groups in total. The van der Waals surface area contributed by atoms with Crippen LogP contribution < -0.4 is 5.32 Å². The Labute approximate surface area is 72.8 Å². The minimum atomic E-state index is 0.262. The van der Waals surface area contributed by atoms with Crippen LogP contribution in [0.1, 0.15) is 25.7 Å². The second-order valence-corrected chi connectivity index (χ2v) is 3.37. The molecule has 1 rings (SSSR count). The number of nitriles is 1. The average Bonchev–Trinajstić information content (AvgIpc) is 2.15. The van der Waals surface area contributed by atoms with Crippen molar-refractivity contribution in [1.82, 2.24) is 5.32 Å². The first-order chi connectivity index (χ1) is 5.86. The van der Waals surface area contributed by atoms with Crippen LogP contribution in [0.25, 0.3) is 0 Å². The van der Waals surface area contributed by atoms with E-state index in [4.69, 9.17) is 5.26 Å². The molecule has 0 radical (unpaired) electrons. The second-order valence-electron chi connectivity index (χ2n) is 3.37. The van der Waals surface area contributed by atoms with Gasteiger partial charge in [0.25, 0.3) is 0 Å². The maximum absolute atomic E-state index is 10.0. The smallest absolute Gasteiger partial charge is 0.207 e. The van der Waals surface area contributed by atoms with Gasteiger partial charge < -0.3 is 5.32 Å². The molecule has 3 nitrogen and oxygen atoms in total. The van der Waals surface area contributed by atoms with Gasteiger partial charge in [0.2, 0.25) is 6.41 Å². The summed E-state index contributed by atoms with van der Waals surface area (Å²) in [5.74, 6) is 0.859. The molecular weight excluding hydrogens is 152 g/mol. The van der Waals surface area contributed by atoms with E-state index in [1.807, 2.05) is 0 Å². The van der Waals surface area contributed by atoms with Crippen molar-refractivity contribution in [1.29, 1.82) is 5.26 Å². The van der Waals surface area contributed by atoms with Gasteiger partial charge in [-0.1, -0.05) is 0 Å². The molecule has 0 heterocycles. The zero-order valence-electron chi connectivity index (χ0n) is 7.12. The van der Waals surface area contributed by atoms with Crippen molar-refractivity contribution < 1.29 is 4.79 Å². The molecule has 0 aromatic carbocycles. The Bertz CT molecular complexity index is 177. The standard InChI is InChI=1S/C9H14N2O/c10-5-8-1-3-9(4-2-8)6-11-7-12/h7-9H,1-4,6H2,(H,11,12). The van der Waals surface area contributed by atoms with Gasteiger partial charge in [0.1, 0.15) is 0 Å². The van der Waals surface area contributed by atoms with E-state index >= 15 is 0 Å². The molecule has 1 saturated carbocycles. The van der Waals surface area contributed by atoms with Crippen molar-refractivity contribution in [3.63, 3.8) is 0 Å². The van der Waals surface area contributed by atoms with E-state index in [0.717, 1.165) is 38.6 Å². The van der Waals surface area contributed by atoms with Gasteiger partial charge in [-0.05, 0) is 31.6 Å². The molecule has 0 aliphatic heterocycles. The Morgan fingerprint density at radius 2 is 2.08 bits per heavy atom. The van der Waals surface area contributed by atoms with E-state index in [1.165, 1.54) is 0 Å². The summed E-state index contributed by atoms with van der Waals surface area (Å²) >= 11 is 0. The van der Waals surface area contributed by atoms with Crippen LogP contribution >= 0.6 is 0 Å². The SMILES string of the molecule is N#CC1CCC(CNC=O)CC1. The zero-order chi connectivity index (χ0) is 8.81. The summed E-state index contributed by atoms with van der Waals surface area (Å²) in [6.07, 6.45) is 4.91. The molecule has 0 bridgehead atoms. The number of amides is 1. The lowest BCUT2D eigenvalue weighted by molar-refractivity contribution is -0.109. The third kappa shape index (κ3) is 2.54. The van der Waals surface area contributed by atoms with Crippen molar-refractivity contribution in [3.8, 4) is 6.07 Å². The maximum atomic E-state index is 10.0. The lowest BCUT2D eigenvalue weighted by Crippen LogP contribution is -2.25. The molecule has 3 heteroatoms. The number of nitrogens with one attached hydrogen (secondary N) is 1. The Morgan fingerprint density at radius 3 is 2.58 bits per heavy atom. The summed E-state index contributed by atoms with van der Waals surface area (Å²) in [4.78, 5) is 10.0. The van der Waals surface area contributed by atoms with Crippen LogP contribution in [-0.4, -0.2) is 13.0 Å². The molecule has 1 aliphatic rings. The summed E-state index contributed by atoms with van der Waals surface area (Å²) in [7, 11) is 0. The van der Waals surface area contributed by atoms with Crippen molar-refractivity contribution in [3.05, 3.63) is 0 Å². The van der Waals surface area contributed by atoms with Gasteiger partial charge in [-0.2, -0.15) is 5.26 Å². The molecule has 1 amide bonds. The fraction of sp³-hybridized carbons (Fsp3) is 0.778. The average molecular weight is 166 g/mol. The van der Waals surface area contributed by atoms with Gasteiger partial charge in [0.15, 0.2) is 0 Å². The molecule has 66 valence electrons. The highest BCUT2D eigenvalue weighted by molar-refractivity contribution is 5.45. The molecular formula is C9H14N2O. The molecule has 1 aliphatic carbocycles. The minimum absolute atomic E-state index is 0.262. The molecule has 1 fully saturated rings. The number of rotatable bonds is 3. The van der Waals surface area contributed by atoms with Gasteiger partial charge in [0.05, 0.1) is 6.07 Å². The molecule has 0 unspecified atom stereocenters. The zero-order valence-corrected chi connectivity index (χ0v) is 7.12. The molecule has 0 saturated heterocycles. The molecule has 0 spiro atoms. The summed E-state index contributed by atoms with van der Waals surface area (Å²) in [5, 5.41) is 11.3. The fourth-order valence-corrected chi connectivity index (χ4v) is 1.71. The molecule has 0 aromatic heterocycles. The van der Waals surface area contributed by atoms with Crippen molar-refractivity contribution >= 4 is 6.41 Å². The van der Waals surface area contributed by atoms with Gasteiger partial charge in [-0.15, -0.1) is 0 Å². The number of hydrogen-bond donors (Lipinski definition) is 1. The van der Waals surface area contributed by atoms with Crippen LogP contribution in [0, 0.1) is 23.2 Å². The van der Waals surface area contributed by atoms with Crippen LogP contribution in [0.2, 0.25) is 0 Å². The third-order valence-corrected chi connectivity index (χ3v) is 2.52. The van der Waals surface area contributed by atoms with Crippen LogP contribution in [0.3, 0.4) is 0 Å². The van der Waals surface area contributed by atoms with E-state index < -0.39 is 0 Å².